The van der Waals surface area contributed by atoms with Gasteiger partial charge in [-0.2, -0.15) is 0 Å². The Bertz CT molecular complexity index is 1550. The van der Waals surface area contributed by atoms with Crippen LogP contribution in [0.25, 0.3) is 27.6 Å². The summed E-state index contributed by atoms with van der Waals surface area (Å²) in [5, 5.41) is 11.8. The highest BCUT2D eigenvalue weighted by Gasteiger charge is 2.18. The molecule has 0 atom stereocenters. The van der Waals surface area contributed by atoms with Crippen molar-refractivity contribution in [2.75, 3.05) is 13.7 Å². The van der Waals surface area contributed by atoms with Crippen LogP contribution in [0.5, 0.6) is 0 Å². The summed E-state index contributed by atoms with van der Waals surface area (Å²) >= 11 is 8.17. The normalized spacial score (nSPS) is 11.7. The van der Waals surface area contributed by atoms with Crippen molar-refractivity contribution in [2.24, 2.45) is 0 Å². The first-order valence-corrected chi connectivity index (χ1v) is 12.0. The van der Waals surface area contributed by atoms with Crippen LogP contribution in [0.3, 0.4) is 0 Å². The minimum absolute atomic E-state index is 0.0759. The predicted octanol–water partition coefficient (Wildman–Crippen LogP) is 4.88. The highest BCUT2D eigenvalue weighted by atomic mass is 35.5. The zero-order chi connectivity index (χ0) is 22.9. The number of hydrogen-bond acceptors (Lipinski definition) is 6. The van der Waals surface area contributed by atoms with Gasteiger partial charge in [-0.25, -0.2) is 0 Å². The van der Waals surface area contributed by atoms with Gasteiger partial charge < -0.3 is 4.74 Å². The molecule has 3 heterocycles. The lowest BCUT2D eigenvalue weighted by molar-refractivity contribution is 0.190. The van der Waals surface area contributed by atoms with E-state index in [0.29, 0.717) is 46.7 Å². The Labute approximate surface area is 199 Å². The summed E-state index contributed by atoms with van der Waals surface area (Å²) in [6, 6.07) is 15.5. The summed E-state index contributed by atoms with van der Waals surface area (Å²) in [6.45, 7) is 3.08. The number of rotatable bonds is 7. The van der Waals surface area contributed by atoms with Gasteiger partial charge in [-0.3, -0.25) is 18.7 Å². The number of thioether (sulfide) groups is 1. The van der Waals surface area contributed by atoms with E-state index in [1.165, 1.54) is 11.8 Å². The van der Waals surface area contributed by atoms with Crippen LogP contribution >= 0.6 is 23.4 Å². The second kappa shape index (κ2) is 9.13. The third-order valence-corrected chi connectivity index (χ3v) is 7.13. The van der Waals surface area contributed by atoms with E-state index in [9.17, 15) is 4.79 Å². The van der Waals surface area contributed by atoms with Gasteiger partial charge in [0, 0.05) is 31.4 Å². The highest BCUT2D eigenvalue weighted by molar-refractivity contribution is 7.98. The minimum atomic E-state index is -0.0759. The number of pyridine rings is 1. The molecule has 0 amide bonds. The Balaban J connectivity index is 1.58. The summed E-state index contributed by atoms with van der Waals surface area (Å²) in [5.74, 6) is 1.05. The molecule has 7 nitrogen and oxygen atoms in total. The van der Waals surface area contributed by atoms with Crippen molar-refractivity contribution in [1.29, 1.82) is 0 Å². The maximum absolute atomic E-state index is 13.1. The van der Waals surface area contributed by atoms with Crippen molar-refractivity contribution >= 4 is 50.9 Å². The smallest absolute Gasteiger partial charge is 0.262 e. The molecular weight excluding hydrogens is 458 g/mol. The van der Waals surface area contributed by atoms with Crippen molar-refractivity contribution in [3.8, 4) is 0 Å². The van der Waals surface area contributed by atoms with Crippen molar-refractivity contribution in [2.45, 2.75) is 30.8 Å². The fourth-order valence-corrected chi connectivity index (χ4v) is 5.21. The minimum Gasteiger partial charge on any atom is -0.385 e. The Morgan fingerprint density at radius 1 is 1.06 bits per heavy atom. The molecule has 0 spiro atoms. The average molecular weight is 480 g/mol. The van der Waals surface area contributed by atoms with E-state index in [1.54, 1.807) is 11.7 Å². The maximum Gasteiger partial charge on any atom is 0.262 e. The molecule has 5 aromatic rings. The molecule has 0 aliphatic heterocycles. The lowest BCUT2D eigenvalue weighted by Gasteiger charge is -2.12. The Morgan fingerprint density at radius 2 is 1.82 bits per heavy atom. The van der Waals surface area contributed by atoms with E-state index in [0.717, 1.165) is 27.7 Å². The fourth-order valence-electron chi connectivity index (χ4n) is 4.04. The van der Waals surface area contributed by atoms with Gasteiger partial charge in [-0.05, 0) is 37.1 Å². The highest BCUT2D eigenvalue weighted by Crippen LogP contribution is 2.31. The van der Waals surface area contributed by atoms with Gasteiger partial charge in [0.05, 0.1) is 27.1 Å². The molecule has 33 heavy (non-hydrogen) atoms. The number of ether oxygens (including phenoxy) is 1. The lowest BCUT2D eigenvalue weighted by atomic mass is 10.1. The second-order valence-electron chi connectivity index (χ2n) is 7.74. The van der Waals surface area contributed by atoms with Gasteiger partial charge in [0.2, 0.25) is 5.78 Å². The molecule has 5 rings (SSSR count). The zero-order valence-electron chi connectivity index (χ0n) is 18.3. The number of fused-ring (bicyclic) bond motifs is 4. The Kier molecular flexibility index (Phi) is 6.05. The van der Waals surface area contributed by atoms with Crippen LogP contribution in [-0.4, -0.2) is 37.9 Å². The molecule has 0 radical (unpaired) electrons. The molecule has 0 aliphatic rings. The third kappa shape index (κ3) is 3.88. The number of aryl methyl sites for hydroxylation is 2. The molecule has 0 bridgehead atoms. The van der Waals surface area contributed by atoms with Crippen molar-refractivity contribution in [3.63, 3.8) is 0 Å². The number of halogens is 1. The van der Waals surface area contributed by atoms with Gasteiger partial charge in [0.1, 0.15) is 0 Å². The topological polar surface area (TPSA) is 74.3 Å². The molecule has 0 saturated carbocycles. The Morgan fingerprint density at radius 3 is 2.64 bits per heavy atom. The zero-order valence-corrected chi connectivity index (χ0v) is 19.9. The first kappa shape index (κ1) is 21.9. The maximum atomic E-state index is 13.1. The molecular formula is C24H22ClN5O2S. The number of methoxy groups -OCH3 is 1. The first-order chi connectivity index (χ1) is 16.1. The fraction of sp³-hybridized carbons (Fsp3) is 0.250. The van der Waals surface area contributed by atoms with E-state index in [4.69, 9.17) is 21.3 Å². The van der Waals surface area contributed by atoms with Crippen LogP contribution in [0.2, 0.25) is 5.02 Å². The van der Waals surface area contributed by atoms with Crippen LogP contribution in [-0.2, 0) is 17.0 Å². The number of hydrogen-bond donors (Lipinski definition) is 0. The standard InChI is InChI=1S/C24H22ClN5O2S/c1-15-16-8-3-5-10-18(16)26-19(21(15)25)14-33-24-28-27-23-29(12-7-13-32-2)22(31)17-9-4-6-11-20(17)30(23)24/h3-6,8-11H,7,12-14H2,1-2H3. The third-order valence-electron chi connectivity index (χ3n) is 5.69. The second-order valence-corrected chi connectivity index (χ2v) is 9.06. The van der Waals surface area contributed by atoms with Crippen LogP contribution in [0.4, 0.5) is 0 Å². The monoisotopic (exact) mass is 479 g/mol. The number of nitrogens with zero attached hydrogens (tertiary/aromatic N) is 5. The summed E-state index contributed by atoms with van der Waals surface area (Å²) in [7, 11) is 1.65. The van der Waals surface area contributed by atoms with E-state index in [2.05, 4.69) is 10.2 Å². The summed E-state index contributed by atoms with van der Waals surface area (Å²) in [4.78, 5) is 17.9. The molecule has 0 saturated heterocycles. The van der Waals surface area contributed by atoms with Gasteiger partial charge in [-0.1, -0.05) is 53.7 Å². The van der Waals surface area contributed by atoms with Crippen molar-refractivity contribution in [3.05, 3.63) is 75.2 Å². The predicted molar refractivity (Wildman–Crippen MR) is 132 cm³/mol. The molecule has 0 fully saturated rings. The van der Waals surface area contributed by atoms with E-state index < -0.39 is 0 Å². The Hall–Kier alpha value is -2.94. The molecule has 0 N–H and O–H groups in total. The van der Waals surface area contributed by atoms with E-state index >= 15 is 0 Å². The van der Waals surface area contributed by atoms with Crippen molar-refractivity contribution in [1.82, 2.24) is 24.1 Å². The molecule has 0 aliphatic carbocycles. The van der Waals surface area contributed by atoms with Crippen LogP contribution in [0, 0.1) is 6.92 Å². The van der Waals surface area contributed by atoms with Gasteiger partial charge in [-0.15, -0.1) is 10.2 Å². The molecule has 0 unspecified atom stereocenters. The molecule has 2 aromatic carbocycles. The van der Waals surface area contributed by atoms with E-state index in [1.807, 2.05) is 59.9 Å². The largest absolute Gasteiger partial charge is 0.385 e. The molecule has 9 heteroatoms. The number of benzene rings is 2. The summed E-state index contributed by atoms with van der Waals surface area (Å²) in [6.07, 6.45) is 0.704. The van der Waals surface area contributed by atoms with Gasteiger partial charge >= 0.3 is 0 Å². The van der Waals surface area contributed by atoms with Gasteiger partial charge in [0.25, 0.3) is 5.56 Å². The van der Waals surface area contributed by atoms with Crippen LogP contribution < -0.4 is 5.56 Å². The quantitative estimate of drug-likeness (QED) is 0.244. The van der Waals surface area contributed by atoms with Crippen molar-refractivity contribution < 1.29 is 4.74 Å². The molecule has 168 valence electrons. The van der Waals surface area contributed by atoms with Crippen LogP contribution in [0.15, 0.2) is 58.5 Å². The van der Waals surface area contributed by atoms with Gasteiger partial charge in [0.15, 0.2) is 5.16 Å². The average Bonchev–Trinajstić information content (AvgIpc) is 3.26. The molecule has 3 aromatic heterocycles. The number of aromatic nitrogens is 5. The SMILES string of the molecule is COCCCn1c(=O)c2ccccc2n2c(SCc3nc4ccccc4c(C)c3Cl)nnc12. The van der Waals surface area contributed by atoms with E-state index in [-0.39, 0.29) is 5.56 Å². The number of para-hydroxylation sites is 2. The summed E-state index contributed by atoms with van der Waals surface area (Å²) < 4.78 is 8.78. The summed E-state index contributed by atoms with van der Waals surface area (Å²) in [5.41, 5.74) is 3.43. The first-order valence-electron chi connectivity index (χ1n) is 10.6. The van der Waals surface area contributed by atoms with Crippen LogP contribution in [0.1, 0.15) is 17.7 Å². The lowest BCUT2D eigenvalue weighted by Crippen LogP contribution is -2.24.